The fourth-order valence-electron chi connectivity index (χ4n) is 2.00. The van der Waals surface area contributed by atoms with Crippen LogP contribution in [0.4, 0.5) is 5.82 Å². The van der Waals surface area contributed by atoms with Crippen LogP contribution in [0.15, 0.2) is 30.9 Å². The molecule has 0 fully saturated rings. The second-order valence-electron chi connectivity index (χ2n) is 4.63. The van der Waals surface area contributed by atoms with Gasteiger partial charge in [0.15, 0.2) is 11.5 Å². The number of hydrogen-bond acceptors (Lipinski definition) is 5. The van der Waals surface area contributed by atoms with E-state index in [4.69, 9.17) is 23.2 Å². The van der Waals surface area contributed by atoms with Crippen molar-refractivity contribution < 1.29 is 4.79 Å². The van der Waals surface area contributed by atoms with Crippen molar-refractivity contribution in [1.29, 1.82) is 0 Å². The van der Waals surface area contributed by atoms with Gasteiger partial charge in [0, 0.05) is 18.7 Å². The second-order valence-corrected chi connectivity index (χ2v) is 5.45. The Hall–Kier alpha value is -2.38. The molecular formula is C14H12Cl2N6O. The standard InChI is InChI=1S/C14H12Cl2N6O/c15-9-2-1-8(5-10(9)16)14(23)18-4-3-17-12-11-13(20-6-19-11)22-7-21-12/h1-2,5-7H,3-4H2,(H,18,23)(H2,17,19,20,21,22). The molecule has 0 unspecified atom stereocenters. The molecule has 2 heterocycles. The Kier molecular flexibility index (Phi) is 4.59. The van der Waals surface area contributed by atoms with E-state index in [0.29, 0.717) is 40.2 Å². The number of rotatable bonds is 5. The molecule has 0 bridgehead atoms. The third-order valence-corrected chi connectivity index (χ3v) is 3.85. The Morgan fingerprint density at radius 3 is 2.83 bits per heavy atom. The van der Waals surface area contributed by atoms with E-state index >= 15 is 0 Å². The van der Waals surface area contributed by atoms with Crippen LogP contribution in [0.3, 0.4) is 0 Å². The molecule has 9 heteroatoms. The Labute approximate surface area is 141 Å². The van der Waals surface area contributed by atoms with Gasteiger partial charge in [-0.3, -0.25) is 4.79 Å². The van der Waals surface area contributed by atoms with Crippen molar-refractivity contribution >= 4 is 46.1 Å². The maximum absolute atomic E-state index is 12.0. The molecular weight excluding hydrogens is 339 g/mol. The summed E-state index contributed by atoms with van der Waals surface area (Å²) in [5, 5.41) is 6.66. The van der Waals surface area contributed by atoms with Crippen LogP contribution in [0, 0.1) is 0 Å². The molecule has 0 aliphatic rings. The molecule has 3 rings (SSSR count). The first kappa shape index (κ1) is 15.5. The van der Waals surface area contributed by atoms with Crippen molar-refractivity contribution in [3.63, 3.8) is 0 Å². The largest absolute Gasteiger partial charge is 0.366 e. The first-order valence-corrected chi connectivity index (χ1v) is 7.52. The van der Waals surface area contributed by atoms with Crippen LogP contribution in [0.2, 0.25) is 10.0 Å². The first-order valence-electron chi connectivity index (χ1n) is 6.76. The third-order valence-electron chi connectivity index (χ3n) is 3.11. The SMILES string of the molecule is O=C(NCCNc1ncnc2nc[nH]c12)c1ccc(Cl)c(Cl)c1. The van der Waals surface area contributed by atoms with Crippen LogP contribution in [-0.4, -0.2) is 38.9 Å². The molecule has 1 amide bonds. The van der Waals surface area contributed by atoms with Gasteiger partial charge >= 0.3 is 0 Å². The Morgan fingerprint density at radius 2 is 2.00 bits per heavy atom. The van der Waals surface area contributed by atoms with Gasteiger partial charge in [0.2, 0.25) is 0 Å². The second kappa shape index (κ2) is 6.80. The van der Waals surface area contributed by atoms with E-state index in [1.165, 1.54) is 12.4 Å². The summed E-state index contributed by atoms with van der Waals surface area (Å²) in [4.78, 5) is 27.2. The van der Waals surface area contributed by atoms with Gasteiger partial charge in [0.05, 0.1) is 16.4 Å². The molecule has 0 saturated heterocycles. The molecule has 118 valence electrons. The molecule has 3 aromatic rings. The van der Waals surface area contributed by atoms with E-state index in [2.05, 4.69) is 30.6 Å². The smallest absolute Gasteiger partial charge is 0.251 e. The molecule has 0 spiro atoms. The average Bonchev–Trinajstić information content (AvgIpc) is 3.03. The van der Waals surface area contributed by atoms with Crippen LogP contribution in [0.5, 0.6) is 0 Å². The van der Waals surface area contributed by atoms with E-state index in [1.54, 1.807) is 18.5 Å². The summed E-state index contributed by atoms with van der Waals surface area (Å²) in [7, 11) is 0. The molecule has 3 N–H and O–H groups in total. The number of halogens is 2. The van der Waals surface area contributed by atoms with Gasteiger partial charge in [-0.05, 0) is 18.2 Å². The lowest BCUT2D eigenvalue weighted by atomic mass is 10.2. The number of nitrogens with zero attached hydrogens (tertiary/aromatic N) is 3. The van der Waals surface area contributed by atoms with Crippen molar-refractivity contribution in [3.05, 3.63) is 46.5 Å². The van der Waals surface area contributed by atoms with Gasteiger partial charge in [0.1, 0.15) is 11.8 Å². The molecule has 7 nitrogen and oxygen atoms in total. The number of H-pyrrole nitrogens is 1. The lowest BCUT2D eigenvalue weighted by Crippen LogP contribution is -2.28. The minimum atomic E-state index is -0.222. The van der Waals surface area contributed by atoms with E-state index in [9.17, 15) is 4.79 Å². The highest BCUT2D eigenvalue weighted by Gasteiger charge is 2.08. The van der Waals surface area contributed by atoms with E-state index < -0.39 is 0 Å². The third kappa shape index (κ3) is 3.52. The zero-order chi connectivity index (χ0) is 16.2. The van der Waals surface area contributed by atoms with Crippen LogP contribution in [0.25, 0.3) is 11.2 Å². The lowest BCUT2D eigenvalue weighted by Gasteiger charge is -2.08. The van der Waals surface area contributed by atoms with E-state index in [1.807, 2.05) is 0 Å². The quantitative estimate of drug-likeness (QED) is 0.614. The number of hydrogen-bond donors (Lipinski definition) is 3. The summed E-state index contributed by atoms with van der Waals surface area (Å²) in [6.45, 7) is 0.914. The zero-order valence-electron chi connectivity index (χ0n) is 11.8. The van der Waals surface area contributed by atoms with Gasteiger partial charge in [-0.1, -0.05) is 23.2 Å². The Morgan fingerprint density at radius 1 is 1.13 bits per heavy atom. The zero-order valence-corrected chi connectivity index (χ0v) is 13.3. The van der Waals surface area contributed by atoms with E-state index in [-0.39, 0.29) is 5.91 Å². The van der Waals surface area contributed by atoms with Crippen molar-refractivity contribution in [2.75, 3.05) is 18.4 Å². The number of aromatic amines is 1. The molecule has 0 aliphatic carbocycles. The van der Waals surface area contributed by atoms with Crippen molar-refractivity contribution in [2.45, 2.75) is 0 Å². The number of aromatic nitrogens is 4. The number of benzene rings is 1. The number of amides is 1. The highest BCUT2D eigenvalue weighted by molar-refractivity contribution is 6.42. The lowest BCUT2D eigenvalue weighted by molar-refractivity contribution is 0.0955. The minimum Gasteiger partial charge on any atom is -0.366 e. The highest BCUT2D eigenvalue weighted by atomic mass is 35.5. The van der Waals surface area contributed by atoms with Gasteiger partial charge in [-0.15, -0.1) is 0 Å². The van der Waals surface area contributed by atoms with Crippen molar-refractivity contribution in [3.8, 4) is 0 Å². The number of anilines is 1. The van der Waals surface area contributed by atoms with E-state index in [0.717, 1.165) is 5.52 Å². The molecule has 0 atom stereocenters. The normalized spacial score (nSPS) is 10.7. The monoisotopic (exact) mass is 350 g/mol. The van der Waals surface area contributed by atoms with Crippen LogP contribution >= 0.6 is 23.2 Å². The van der Waals surface area contributed by atoms with Gasteiger partial charge in [-0.2, -0.15) is 0 Å². The summed E-state index contributed by atoms with van der Waals surface area (Å²) in [6, 6.07) is 4.74. The topological polar surface area (TPSA) is 95.6 Å². The molecule has 2 aromatic heterocycles. The molecule has 23 heavy (non-hydrogen) atoms. The molecule has 0 aliphatic heterocycles. The fraction of sp³-hybridized carbons (Fsp3) is 0.143. The number of carbonyl (C=O) groups excluding carboxylic acids is 1. The van der Waals surface area contributed by atoms with Crippen molar-refractivity contribution in [1.82, 2.24) is 25.3 Å². The van der Waals surface area contributed by atoms with Crippen LogP contribution in [-0.2, 0) is 0 Å². The number of carbonyl (C=O) groups is 1. The summed E-state index contributed by atoms with van der Waals surface area (Å²) in [5.74, 6) is 0.413. The highest BCUT2D eigenvalue weighted by Crippen LogP contribution is 2.22. The van der Waals surface area contributed by atoms with Crippen LogP contribution in [0.1, 0.15) is 10.4 Å². The fourth-order valence-corrected chi connectivity index (χ4v) is 2.29. The first-order chi connectivity index (χ1) is 11.1. The number of fused-ring (bicyclic) bond motifs is 1. The Bertz CT molecular complexity index is 850. The van der Waals surface area contributed by atoms with Gasteiger partial charge in [-0.25, -0.2) is 15.0 Å². The predicted octanol–water partition coefficient (Wildman–Crippen LogP) is 2.50. The van der Waals surface area contributed by atoms with Crippen molar-refractivity contribution in [2.24, 2.45) is 0 Å². The van der Waals surface area contributed by atoms with Crippen LogP contribution < -0.4 is 10.6 Å². The average molecular weight is 351 g/mol. The predicted molar refractivity (Wildman–Crippen MR) is 89.0 cm³/mol. The molecule has 1 aromatic carbocycles. The maximum Gasteiger partial charge on any atom is 0.251 e. The Balaban J connectivity index is 1.54. The van der Waals surface area contributed by atoms with Gasteiger partial charge in [0.25, 0.3) is 5.91 Å². The minimum absolute atomic E-state index is 0.222. The maximum atomic E-state index is 12.0. The summed E-state index contributed by atoms with van der Waals surface area (Å²) in [6.07, 6.45) is 2.98. The van der Waals surface area contributed by atoms with Gasteiger partial charge < -0.3 is 15.6 Å². The number of nitrogens with one attached hydrogen (secondary N) is 3. The molecule has 0 saturated carbocycles. The summed E-state index contributed by atoms with van der Waals surface area (Å²) in [5.41, 5.74) is 1.77. The summed E-state index contributed by atoms with van der Waals surface area (Å²) >= 11 is 11.7. The molecule has 0 radical (unpaired) electrons. The summed E-state index contributed by atoms with van der Waals surface area (Å²) < 4.78 is 0. The number of imidazole rings is 1.